The first-order chi connectivity index (χ1) is 16.4. The minimum absolute atomic E-state index is 0.134. The number of hydrogen-bond donors (Lipinski definition) is 0. The molecular formula is C30H26O3S. The van der Waals surface area contributed by atoms with E-state index in [0.717, 1.165) is 27.8 Å². The number of ketones is 1. The second kappa shape index (κ2) is 10.0. The summed E-state index contributed by atoms with van der Waals surface area (Å²) in [7, 11) is -3.96. The van der Waals surface area contributed by atoms with E-state index in [1.165, 1.54) is 0 Å². The van der Waals surface area contributed by atoms with Crippen molar-refractivity contribution in [2.75, 3.05) is 0 Å². The number of Topliss-reactive ketones (excluding diaryl/α,β-unsaturated/α-hetero) is 1. The van der Waals surface area contributed by atoms with E-state index in [1.54, 1.807) is 42.5 Å². The Kier molecular flexibility index (Phi) is 6.90. The van der Waals surface area contributed by atoms with Crippen molar-refractivity contribution >= 4 is 21.2 Å². The predicted octanol–water partition coefficient (Wildman–Crippen LogP) is 6.79. The number of carbonyl (C=O) groups excluding carboxylic acids is 1. The van der Waals surface area contributed by atoms with Crippen LogP contribution < -0.4 is 0 Å². The molecule has 0 aliphatic heterocycles. The summed E-state index contributed by atoms with van der Waals surface area (Å²) >= 11 is 0. The molecule has 3 nitrogen and oxygen atoms in total. The molecular weight excluding hydrogens is 440 g/mol. The van der Waals surface area contributed by atoms with E-state index in [0.29, 0.717) is 5.56 Å². The molecule has 4 aromatic rings. The Labute approximate surface area is 201 Å². The molecule has 0 spiro atoms. The monoisotopic (exact) mass is 466 g/mol. The highest BCUT2D eigenvalue weighted by molar-refractivity contribution is 7.93. The normalized spacial score (nSPS) is 12.8. The van der Waals surface area contributed by atoms with Crippen molar-refractivity contribution in [3.63, 3.8) is 0 Å². The fourth-order valence-electron chi connectivity index (χ4n) is 3.83. The lowest BCUT2D eigenvalue weighted by Gasteiger charge is -2.16. The van der Waals surface area contributed by atoms with Gasteiger partial charge in [-0.1, -0.05) is 109 Å². The van der Waals surface area contributed by atoms with Crippen LogP contribution in [-0.2, 0) is 9.84 Å². The van der Waals surface area contributed by atoms with Gasteiger partial charge in [-0.25, -0.2) is 8.42 Å². The number of carbonyl (C=O) groups is 1. The van der Waals surface area contributed by atoms with Gasteiger partial charge in [-0.2, -0.15) is 0 Å². The minimum Gasteiger partial charge on any atom is -0.292 e. The number of hydrogen-bond acceptors (Lipinski definition) is 3. The lowest BCUT2D eigenvalue weighted by molar-refractivity contribution is 0.0999. The van der Waals surface area contributed by atoms with Crippen LogP contribution in [-0.4, -0.2) is 19.5 Å². The second-order valence-electron chi connectivity index (χ2n) is 8.30. The van der Waals surface area contributed by atoms with Crippen molar-refractivity contribution in [1.82, 2.24) is 0 Å². The van der Waals surface area contributed by atoms with Crippen LogP contribution in [0.15, 0.2) is 120 Å². The summed E-state index contributed by atoms with van der Waals surface area (Å²) in [5.41, 5.74) is 4.91. The smallest absolute Gasteiger partial charge is 0.192 e. The number of benzene rings is 4. The molecule has 0 bridgehead atoms. The van der Waals surface area contributed by atoms with Crippen LogP contribution in [0.2, 0.25) is 0 Å². The van der Waals surface area contributed by atoms with Gasteiger partial charge in [-0.05, 0) is 48.2 Å². The van der Waals surface area contributed by atoms with E-state index in [4.69, 9.17) is 0 Å². The molecule has 0 aromatic heterocycles. The van der Waals surface area contributed by atoms with Crippen molar-refractivity contribution in [2.45, 2.75) is 24.0 Å². The number of allylic oxidation sites excluding steroid dienone is 1. The fraction of sp³-hybridized carbons (Fsp3) is 0.100. The van der Waals surface area contributed by atoms with E-state index in [2.05, 4.69) is 0 Å². The third kappa shape index (κ3) is 5.08. The average Bonchev–Trinajstić information content (AvgIpc) is 2.88. The molecule has 0 fully saturated rings. The molecule has 170 valence electrons. The van der Waals surface area contributed by atoms with Crippen molar-refractivity contribution < 1.29 is 13.2 Å². The standard InChI is InChI=1S/C30H26O3S/c1-22-13-19-28(20-14-22)34(32,33)29(21-23(2)24-9-5-3-6-10-24)30(31)27-17-15-26(16-18-27)25-11-7-4-8-12-25/h3-21,29H,1-2H3/b23-21+/t29-/m0/s1. The molecule has 0 aliphatic carbocycles. The first-order valence-corrected chi connectivity index (χ1v) is 12.6. The fourth-order valence-corrected chi connectivity index (χ4v) is 5.44. The van der Waals surface area contributed by atoms with E-state index < -0.39 is 20.9 Å². The number of sulfone groups is 1. The van der Waals surface area contributed by atoms with Crippen LogP contribution in [0.5, 0.6) is 0 Å². The molecule has 0 amide bonds. The van der Waals surface area contributed by atoms with Crippen molar-refractivity contribution in [2.24, 2.45) is 0 Å². The van der Waals surface area contributed by atoms with Crippen molar-refractivity contribution in [3.05, 3.63) is 132 Å². The molecule has 0 saturated carbocycles. The van der Waals surface area contributed by atoms with E-state index in [-0.39, 0.29) is 4.90 Å². The first kappa shape index (κ1) is 23.4. The van der Waals surface area contributed by atoms with Gasteiger partial charge in [0.2, 0.25) is 0 Å². The van der Waals surface area contributed by atoms with Crippen molar-refractivity contribution in [3.8, 4) is 11.1 Å². The molecule has 4 heteroatoms. The van der Waals surface area contributed by atoms with Crippen LogP contribution >= 0.6 is 0 Å². The van der Waals surface area contributed by atoms with E-state index in [9.17, 15) is 13.2 Å². The predicted molar refractivity (Wildman–Crippen MR) is 138 cm³/mol. The topological polar surface area (TPSA) is 51.2 Å². The zero-order valence-corrected chi connectivity index (χ0v) is 20.0. The highest BCUT2D eigenvalue weighted by Gasteiger charge is 2.33. The zero-order chi connectivity index (χ0) is 24.1. The average molecular weight is 467 g/mol. The number of rotatable bonds is 7. The summed E-state index contributed by atoms with van der Waals surface area (Å²) in [6, 6.07) is 33.1. The van der Waals surface area contributed by atoms with Gasteiger partial charge < -0.3 is 0 Å². The number of aryl methyl sites for hydroxylation is 1. The SMILES string of the molecule is C/C(=C\[C@@H](C(=O)c1ccc(-c2ccccc2)cc1)S(=O)(=O)c1ccc(C)cc1)c1ccccc1. The molecule has 0 saturated heterocycles. The van der Waals surface area contributed by atoms with Crippen LogP contribution in [0.1, 0.15) is 28.4 Å². The Balaban J connectivity index is 1.76. The maximum Gasteiger partial charge on any atom is 0.192 e. The Hall–Kier alpha value is -3.76. The molecule has 4 aromatic carbocycles. The zero-order valence-electron chi connectivity index (χ0n) is 19.2. The van der Waals surface area contributed by atoms with Gasteiger partial charge in [0.05, 0.1) is 4.90 Å². The largest absolute Gasteiger partial charge is 0.292 e. The molecule has 0 heterocycles. The highest BCUT2D eigenvalue weighted by Crippen LogP contribution is 2.26. The molecule has 0 aliphatic rings. The summed E-state index contributed by atoms with van der Waals surface area (Å²) < 4.78 is 27.3. The third-order valence-corrected chi connectivity index (χ3v) is 7.80. The Morgan fingerprint density at radius 1 is 0.676 bits per heavy atom. The second-order valence-corrected chi connectivity index (χ2v) is 10.4. The van der Waals surface area contributed by atoms with Crippen LogP contribution in [0, 0.1) is 6.92 Å². The van der Waals surface area contributed by atoms with Crippen LogP contribution in [0.4, 0.5) is 0 Å². The van der Waals surface area contributed by atoms with Crippen LogP contribution in [0.3, 0.4) is 0 Å². The molecule has 1 atom stereocenters. The van der Waals surface area contributed by atoms with Gasteiger partial charge in [0, 0.05) is 5.56 Å². The van der Waals surface area contributed by atoms with Gasteiger partial charge in [0.1, 0.15) is 5.25 Å². The summed E-state index contributed by atoms with van der Waals surface area (Å²) in [5.74, 6) is -0.449. The van der Waals surface area contributed by atoms with Gasteiger partial charge >= 0.3 is 0 Å². The molecule has 4 rings (SSSR count). The third-order valence-electron chi connectivity index (χ3n) is 5.85. The summed E-state index contributed by atoms with van der Waals surface area (Å²) in [5, 5.41) is -1.34. The van der Waals surface area contributed by atoms with Gasteiger partial charge in [-0.3, -0.25) is 4.79 Å². The first-order valence-electron chi connectivity index (χ1n) is 11.1. The molecule has 0 unspecified atom stereocenters. The van der Waals surface area contributed by atoms with Crippen molar-refractivity contribution in [1.29, 1.82) is 0 Å². The van der Waals surface area contributed by atoms with E-state index >= 15 is 0 Å². The molecule has 0 radical (unpaired) electrons. The summed E-state index contributed by atoms with van der Waals surface area (Å²) in [6.07, 6.45) is 1.57. The molecule has 0 N–H and O–H groups in total. The van der Waals surface area contributed by atoms with Gasteiger partial charge in [-0.15, -0.1) is 0 Å². The Bertz CT molecular complexity index is 1400. The van der Waals surface area contributed by atoms with Gasteiger partial charge in [0.15, 0.2) is 15.6 Å². The van der Waals surface area contributed by atoms with Crippen LogP contribution in [0.25, 0.3) is 16.7 Å². The van der Waals surface area contributed by atoms with Gasteiger partial charge in [0.25, 0.3) is 0 Å². The minimum atomic E-state index is -3.96. The molecule has 34 heavy (non-hydrogen) atoms. The maximum atomic E-state index is 13.6. The summed E-state index contributed by atoms with van der Waals surface area (Å²) in [6.45, 7) is 3.73. The van der Waals surface area contributed by atoms with E-state index in [1.807, 2.05) is 86.6 Å². The Morgan fingerprint density at radius 3 is 1.79 bits per heavy atom. The quantitative estimate of drug-likeness (QED) is 0.282. The highest BCUT2D eigenvalue weighted by atomic mass is 32.2. The Morgan fingerprint density at radius 2 is 1.21 bits per heavy atom. The lowest BCUT2D eigenvalue weighted by atomic mass is 10.00. The lowest BCUT2D eigenvalue weighted by Crippen LogP contribution is -2.29. The summed E-state index contributed by atoms with van der Waals surface area (Å²) in [4.78, 5) is 13.8. The maximum absolute atomic E-state index is 13.6.